The molecule has 13 heteroatoms. The van der Waals surface area contributed by atoms with Crippen molar-refractivity contribution in [1.82, 2.24) is 0 Å². The number of hydrogen-bond donors (Lipinski definition) is 6. The number of rotatable bonds is 26. The van der Waals surface area contributed by atoms with E-state index < -0.39 is 86.6 Å². The van der Waals surface area contributed by atoms with Gasteiger partial charge in [-0.25, -0.2) is 0 Å². The second-order valence-electron chi connectivity index (χ2n) is 13.4. The number of carbonyl (C=O) groups excluding carboxylic acids is 2. The first-order valence-corrected chi connectivity index (χ1v) is 18.6. The first-order chi connectivity index (χ1) is 23.6. The van der Waals surface area contributed by atoms with Crippen molar-refractivity contribution < 1.29 is 63.9 Å². The SMILES string of the molecule is CCCCCC/C=C/CCCC(=O)OC[C@H]1O[C@@](CO)(O[C@H]2O[C@H](COC(=O)CCCCCCCCCCC)[C@@H](O)[C@H](O)[C@H]2O)[C@@H](O)[C@@H]1O. The third kappa shape index (κ3) is 15.2. The van der Waals surface area contributed by atoms with Crippen LogP contribution in [0.3, 0.4) is 0 Å². The topological polar surface area (TPSA) is 202 Å². The minimum atomic E-state index is -2.33. The molecule has 0 unspecified atom stereocenters. The maximum absolute atomic E-state index is 12.3. The molecule has 0 aromatic carbocycles. The molecule has 2 heterocycles. The van der Waals surface area contributed by atoms with E-state index in [1.54, 1.807) is 0 Å². The highest BCUT2D eigenvalue weighted by atomic mass is 16.8. The van der Waals surface area contributed by atoms with Gasteiger partial charge < -0.3 is 54.3 Å². The molecule has 0 aromatic rings. The van der Waals surface area contributed by atoms with E-state index in [1.807, 2.05) is 6.08 Å². The third-order valence-electron chi connectivity index (χ3n) is 9.15. The van der Waals surface area contributed by atoms with Gasteiger partial charge in [-0.3, -0.25) is 9.59 Å². The molecule has 0 spiro atoms. The lowest BCUT2D eigenvalue weighted by Gasteiger charge is -2.43. The third-order valence-corrected chi connectivity index (χ3v) is 9.15. The maximum atomic E-state index is 12.3. The van der Waals surface area contributed by atoms with E-state index in [1.165, 1.54) is 51.4 Å². The molecule has 2 aliphatic heterocycles. The summed E-state index contributed by atoms with van der Waals surface area (Å²) in [4.78, 5) is 24.6. The Bertz CT molecular complexity index is 933. The van der Waals surface area contributed by atoms with E-state index in [-0.39, 0.29) is 12.8 Å². The van der Waals surface area contributed by atoms with Gasteiger partial charge in [0.2, 0.25) is 5.79 Å². The summed E-state index contributed by atoms with van der Waals surface area (Å²) >= 11 is 0. The lowest BCUT2D eigenvalue weighted by atomic mass is 9.99. The van der Waals surface area contributed by atoms with Crippen LogP contribution in [0.2, 0.25) is 0 Å². The van der Waals surface area contributed by atoms with Crippen LogP contribution >= 0.6 is 0 Å². The van der Waals surface area contributed by atoms with E-state index in [2.05, 4.69) is 19.9 Å². The normalized spacial score (nSPS) is 30.2. The van der Waals surface area contributed by atoms with Crippen molar-refractivity contribution in [2.45, 2.75) is 184 Å². The molecule has 0 amide bonds. The highest BCUT2D eigenvalue weighted by Crippen LogP contribution is 2.36. The predicted octanol–water partition coefficient (Wildman–Crippen LogP) is 3.32. The first kappa shape index (κ1) is 43.5. The van der Waals surface area contributed by atoms with Crippen LogP contribution in [-0.4, -0.2) is 117 Å². The van der Waals surface area contributed by atoms with Crippen molar-refractivity contribution in [2.75, 3.05) is 19.8 Å². The Labute approximate surface area is 291 Å². The van der Waals surface area contributed by atoms with Crippen molar-refractivity contribution in [2.24, 2.45) is 0 Å². The molecular formula is C36H64O13. The van der Waals surface area contributed by atoms with Gasteiger partial charge in [0, 0.05) is 12.8 Å². The van der Waals surface area contributed by atoms with E-state index in [9.17, 15) is 40.2 Å². The van der Waals surface area contributed by atoms with Crippen LogP contribution in [0.5, 0.6) is 0 Å². The Hall–Kier alpha value is -1.68. The van der Waals surface area contributed by atoms with E-state index in [0.29, 0.717) is 12.8 Å². The van der Waals surface area contributed by atoms with Gasteiger partial charge in [0.05, 0.1) is 0 Å². The molecule has 0 radical (unpaired) electrons. The molecule has 2 fully saturated rings. The summed E-state index contributed by atoms with van der Waals surface area (Å²) in [6, 6.07) is 0. The standard InChI is InChI=1S/C36H64O13/c1-3-5-7-9-11-13-15-17-19-21-28(38)45-23-26-30(40)32(42)33(43)35(47-26)49-36(25-37)34(44)31(41)27(48-36)24-46-29(39)22-20-18-16-14-12-10-8-6-4-2/h14,16,26-27,30-35,37,40-44H,3-13,15,17-25H2,1-2H3/b16-14+/t26-,27-,30-,31-,32+,33-,34+,35-,36+/m1/s1. The molecule has 286 valence electrons. The van der Waals surface area contributed by atoms with Crippen molar-refractivity contribution in [1.29, 1.82) is 0 Å². The van der Waals surface area contributed by atoms with Crippen molar-refractivity contribution in [3.63, 3.8) is 0 Å². The Kier molecular flexibility index (Phi) is 21.7. The number of unbranched alkanes of at least 4 members (excludes halogenated alkanes) is 13. The fourth-order valence-electron chi connectivity index (χ4n) is 5.97. The maximum Gasteiger partial charge on any atom is 0.305 e. The number of aliphatic hydroxyl groups excluding tert-OH is 6. The zero-order chi connectivity index (χ0) is 36.1. The van der Waals surface area contributed by atoms with E-state index >= 15 is 0 Å². The molecule has 6 N–H and O–H groups in total. The average molecular weight is 705 g/mol. The van der Waals surface area contributed by atoms with E-state index in [0.717, 1.165) is 38.5 Å². The fraction of sp³-hybridized carbons (Fsp3) is 0.889. The summed E-state index contributed by atoms with van der Waals surface area (Å²) in [7, 11) is 0. The van der Waals surface area contributed by atoms with Gasteiger partial charge >= 0.3 is 11.9 Å². The van der Waals surface area contributed by atoms with Crippen LogP contribution in [0.25, 0.3) is 0 Å². The molecule has 0 aliphatic carbocycles. The predicted molar refractivity (Wildman–Crippen MR) is 180 cm³/mol. The van der Waals surface area contributed by atoms with Gasteiger partial charge in [-0.15, -0.1) is 0 Å². The smallest absolute Gasteiger partial charge is 0.305 e. The van der Waals surface area contributed by atoms with Crippen molar-refractivity contribution in [3.8, 4) is 0 Å². The van der Waals surface area contributed by atoms with Crippen LogP contribution in [0.1, 0.15) is 129 Å². The lowest BCUT2D eigenvalue weighted by molar-refractivity contribution is -0.383. The first-order valence-electron chi connectivity index (χ1n) is 18.6. The molecule has 2 aliphatic rings. The summed E-state index contributed by atoms with van der Waals surface area (Å²) in [5, 5.41) is 63.1. The Morgan fingerprint density at radius 3 is 1.73 bits per heavy atom. The fourth-order valence-corrected chi connectivity index (χ4v) is 5.97. The highest BCUT2D eigenvalue weighted by Gasteiger charge is 2.58. The molecule has 9 atom stereocenters. The Balaban J connectivity index is 1.80. The van der Waals surface area contributed by atoms with Crippen LogP contribution in [0, 0.1) is 0 Å². The molecular weight excluding hydrogens is 640 g/mol. The number of hydrogen-bond acceptors (Lipinski definition) is 13. The van der Waals surface area contributed by atoms with Gasteiger partial charge in [-0.2, -0.15) is 0 Å². The summed E-state index contributed by atoms with van der Waals surface area (Å²) in [5.41, 5.74) is 0. The summed E-state index contributed by atoms with van der Waals surface area (Å²) in [6.07, 6.45) is 8.16. The number of carbonyl (C=O) groups is 2. The molecule has 0 aromatic heterocycles. The van der Waals surface area contributed by atoms with Gasteiger partial charge in [-0.1, -0.05) is 96.6 Å². The number of allylic oxidation sites excluding steroid dienone is 2. The quantitative estimate of drug-likeness (QED) is 0.0436. The van der Waals surface area contributed by atoms with Gasteiger partial charge in [0.25, 0.3) is 0 Å². The minimum absolute atomic E-state index is 0.140. The number of ether oxygens (including phenoxy) is 5. The van der Waals surface area contributed by atoms with Gasteiger partial charge in [0.1, 0.15) is 62.5 Å². The average Bonchev–Trinajstić information content (AvgIpc) is 3.33. The zero-order valence-corrected chi connectivity index (χ0v) is 29.7. The highest BCUT2D eigenvalue weighted by molar-refractivity contribution is 5.69. The largest absolute Gasteiger partial charge is 0.463 e. The summed E-state index contributed by atoms with van der Waals surface area (Å²) < 4.78 is 27.4. The van der Waals surface area contributed by atoms with Crippen LogP contribution in [0.4, 0.5) is 0 Å². The van der Waals surface area contributed by atoms with Crippen molar-refractivity contribution >= 4 is 11.9 Å². The summed E-state index contributed by atoms with van der Waals surface area (Å²) in [6.45, 7) is 2.45. The zero-order valence-electron chi connectivity index (χ0n) is 29.7. The lowest BCUT2D eigenvalue weighted by Crippen LogP contribution is -2.62. The van der Waals surface area contributed by atoms with Crippen molar-refractivity contribution in [3.05, 3.63) is 12.2 Å². The molecule has 2 saturated heterocycles. The van der Waals surface area contributed by atoms with Crippen LogP contribution in [0.15, 0.2) is 12.2 Å². The molecule has 2 rings (SSSR count). The Morgan fingerprint density at radius 1 is 0.633 bits per heavy atom. The van der Waals surface area contributed by atoms with Gasteiger partial charge in [0.15, 0.2) is 6.29 Å². The Morgan fingerprint density at radius 2 is 1.14 bits per heavy atom. The molecule has 0 bridgehead atoms. The second kappa shape index (κ2) is 24.5. The van der Waals surface area contributed by atoms with Crippen LogP contribution < -0.4 is 0 Å². The molecule has 13 nitrogen and oxygen atoms in total. The van der Waals surface area contributed by atoms with Gasteiger partial charge in [-0.05, 0) is 32.1 Å². The van der Waals surface area contributed by atoms with E-state index in [4.69, 9.17) is 23.7 Å². The molecule has 0 saturated carbocycles. The number of aliphatic hydroxyl groups is 6. The number of esters is 2. The summed E-state index contributed by atoms with van der Waals surface area (Å²) in [5.74, 6) is -3.36. The second-order valence-corrected chi connectivity index (χ2v) is 13.4. The van der Waals surface area contributed by atoms with Crippen LogP contribution in [-0.2, 0) is 33.3 Å². The minimum Gasteiger partial charge on any atom is -0.463 e. The molecule has 49 heavy (non-hydrogen) atoms. The monoisotopic (exact) mass is 704 g/mol.